The first-order valence-corrected chi connectivity index (χ1v) is 5.84. The van der Waals surface area contributed by atoms with Gasteiger partial charge in [0, 0.05) is 0 Å². The summed E-state index contributed by atoms with van der Waals surface area (Å²) in [5, 5.41) is 0. The van der Waals surface area contributed by atoms with Gasteiger partial charge in [0.05, 0.1) is 18.0 Å². The zero-order valence-corrected chi connectivity index (χ0v) is 9.51. The molecule has 0 aromatic carbocycles. The van der Waals surface area contributed by atoms with E-state index in [-0.39, 0.29) is 12.2 Å². The fourth-order valence-electron chi connectivity index (χ4n) is 0.785. The van der Waals surface area contributed by atoms with Crippen molar-refractivity contribution < 1.29 is 13.6 Å². The van der Waals surface area contributed by atoms with Crippen LogP contribution in [0.3, 0.4) is 0 Å². The maximum atomic E-state index is 11.8. The Bertz CT molecular complexity index is 225. The predicted molar refractivity (Wildman–Crippen MR) is 53.8 cm³/mol. The summed E-state index contributed by atoms with van der Waals surface area (Å²) < 4.78 is 22.2. The van der Waals surface area contributed by atoms with Gasteiger partial charge in [0.2, 0.25) is 0 Å². The minimum Gasteiger partial charge on any atom is -0.302 e. The molecule has 0 amide bonds. The smallest absolute Gasteiger partial charge is 0.302 e. The molecule has 0 saturated heterocycles. The topological polar surface area (TPSA) is 35.5 Å². The molecule has 0 aliphatic carbocycles. The summed E-state index contributed by atoms with van der Waals surface area (Å²) >= 11 is 0. The quantitative estimate of drug-likeness (QED) is 0.509. The van der Waals surface area contributed by atoms with Crippen LogP contribution in [0.5, 0.6) is 0 Å². The van der Waals surface area contributed by atoms with Crippen LogP contribution in [0.1, 0.15) is 27.7 Å². The van der Waals surface area contributed by atoms with Gasteiger partial charge in [0.1, 0.15) is 0 Å². The van der Waals surface area contributed by atoms with Gasteiger partial charge in [-0.15, -0.1) is 5.73 Å². The van der Waals surface area contributed by atoms with Gasteiger partial charge in [-0.25, -0.2) is 0 Å². The average molecular weight is 204 g/mol. The van der Waals surface area contributed by atoms with Crippen LogP contribution in [-0.2, 0) is 13.6 Å². The van der Waals surface area contributed by atoms with E-state index in [4.69, 9.17) is 9.05 Å². The Morgan fingerprint density at radius 1 is 1.23 bits per heavy atom. The molecule has 0 N–H and O–H groups in total. The molecule has 76 valence electrons. The molecule has 0 radical (unpaired) electrons. The van der Waals surface area contributed by atoms with Crippen LogP contribution in [0.2, 0.25) is 0 Å². The van der Waals surface area contributed by atoms with E-state index in [1.165, 1.54) is 5.82 Å². The summed E-state index contributed by atoms with van der Waals surface area (Å²) in [6.07, 6.45) is -0.289. The highest BCUT2D eigenvalue weighted by Gasteiger charge is 2.23. The standard InChI is InChI=1S/C9H17O3P/c1-6-7-13(10,11-8(2)3)12-9(4)5/h7-9H,1H2,2-5H3. The van der Waals surface area contributed by atoms with E-state index in [1.807, 2.05) is 0 Å². The molecule has 0 spiro atoms. The van der Waals surface area contributed by atoms with Crippen LogP contribution >= 0.6 is 7.60 Å². The molecule has 3 nitrogen and oxygen atoms in total. The highest BCUT2D eigenvalue weighted by molar-refractivity contribution is 7.57. The Morgan fingerprint density at radius 3 is 1.85 bits per heavy atom. The highest BCUT2D eigenvalue weighted by Crippen LogP contribution is 2.51. The second-order valence-electron chi connectivity index (χ2n) is 3.18. The van der Waals surface area contributed by atoms with Crippen LogP contribution in [0, 0.1) is 0 Å². The number of rotatable bonds is 5. The van der Waals surface area contributed by atoms with Gasteiger partial charge in [-0.1, -0.05) is 6.58 Å². The van der Waals surface area contributed by atoms with E-state index in [2.05, 4.69) is 12.3 Å². The molecule has 4 heteroatoms. The fraction of sp³-hybridized carbons (Fsp3) is 0.667. The molecule has 0 unspecified atom stereocenters. The Balaban J connectivity index is 4.53. The van der Waals surface area contributed by atoms with Crippen LogP contribution in [0.15, 0.2) is 18.1 Å². The zero-order valence-electron chi connectivity index (χ0n) is 8.61. The van der Waals surface area contributed by atoms with Crippen LogP contribution in [-0.4, -0.2) is 12.2 Å². The molecule has 0 saturated carbocycles. The maximum absolute atomic E-state index is 11.8. The molecule has 0 aromatic heterocycles. The number of hydrogen-bond donors (Lipinski definition) is 0. The van der Waals surface area contributed by atoms with E-state index in [1.54, 1.807) is 27.7 Å². The molecular formula is C9H17O3P. The molecule has 0 rings (SSSR count). The van der Waals surface area contributed by atoms with E-state index >= 15 is 0 Å². The Morgan fingerprint density at radius 2 is 1.62 bits per heavy atom. The lowest BCUT2D eigenvalue weighted by Gasteiger charge is -2.18. The molecule has 0 aromatic rings. The first-order chi connectivity index (χ1) is 5.89. The first kappa shape index (κ1) is 12.7. The van der Waals surface area contributed by atoms with Crippen molar-refractivity contribution >= 4 is 7.60 Å². The van der Waals surface area contributed by atoms with Crippen molar-refractivity contribution in [3.05, 3.63) is 18.1 Å². The molecule has 0 aliphatic heterocycles. The number of hydrogen-bond acceptors (Lipinski definition) is 3. The van der Waals surface area contributed by atoms with Crippen molar-refractivity contribution in [2.24, 2.45) is 0 Å². The van der Waals surface area contributed by atoms with Crippen molar-refractivity contribution in [3.8, 4) is 0 Å². The Hall–Kier alpha value is -0.330. The summed E-state index contributed by atoms with van der Waals surface area (Å²) in [5.74, 6) is 1.26. The molecular weight excluding hydrogens is 187 g/mol. The summed E-state index contributed by atoms with van der Waals surface area (Å²) in [6.45, 7) is 10.5. The van der Waals surface area contributed by atoms with E-state index in [9.17, 15) is 4.57 Å². The molecule has 0 aliphatic rings. The monoisotopic (exact) mass is 204 g/mol. The van der Waals surface area contributed by atoms with Crippen LogP contribution in [0.4, 0.5) is 0 Å². The second kappa shape index (κ2) is 5.41. The first-order valence-electron chi connectivity index (χ1n) is 4.23. The van der Waals surface area contributed by atoms with E-state index < -0.39 is 7.60 Å². The van der Waals surface area contributed by atoms with Crippen molar-refractivity contribution in [3.63, 3.8) is 0 Å². The molecule has 13 heavy (non-hydrogen) atoms. The SMILES string of the molecule is C=C=CP(=O)(OC(C)C)OC(C)C. The third kappa shape index (κ3) is 5.84. The zero-order chi connectivity index (χ0) is 10.5. The lowest BCUT2D eigenvalue weighted by Crippen LogP contribution is -2.06. The van der Waals surface area contributed by atoms with E-state index in [0.717, 1.165) is 0 Å². The molecule has 0 bridgehead atoms. The molecule has 0 heterocycles. The Labute approximate surface area is 80.0 Å². The van der Waals surface area contributed by atoms with E-state index in [0.29, 0.717) is 0 Å². The summed E-state index contributed by atoms with van der Waals surface area (Å²) in [5.41, 5.74) is 2.43. The maximum Gasteiger partial charge on any atom is 0.362 e. The van der Waals surface area contributed by atoms with Gasteiger partial charge >= 0.3 is 7.60 Å². The summed E-state index contributed by atoms with van der Waals surface area (Å²) in [7, 11) is -3.13. The average Bonchev–Trinajstić information content (AvgIpc) is 1.81. The normalized spacial score (nSPS) is 11.8. The summed E-state index contributed by atoms with van der Waals surface area (Å²) in [4.78, 5) is 0. The minimum atomic E-state index is -3.13. The van der Waals surface area contributed by atoms with Gasteiger partial charge in [0.25, 0.3) is 0 Å². The third-order valence-corrected chi connectivity index (χ3v) is 2.89. The van der Waals surface area contributed by atoms with Gasteiger partial charge in [-0.2, -0.15) is 0 Å². The Kier molecular flexibility index (Phi) is 5.27. The van der Waals surface area contributed by atoms with Crippen molar-refractivity contribution in [2.45, 2.75) is 39.9 Å². The molecule has 0 atom stereocenters. The predicted octanol–water partition coefficient (Wildman–Crippen LogP) is 3.33. The van der Waals surface area contributed by atoms with Gasteiger partial charge in [0.15, 0.2) is 0 Å². The second-order valence-corrected chi connectivity index (χ2v) is 4.94. The van der Waals surface area contributed by atoms with Crippen molar-refractivity contribution in [1.29, 1.82) is 0 Å². The van der Waals surface area contributed by atoms with Gasteiger partial charge in [-0.3, -0.25) is 4.57 Å². The lowest BCUT2D eigenvalue weighted by atomic mass is 10.5. The largest absolute Gasteiger partial charge is 0.362 e. The summed E-state index contributed by atoms with van der Waals surface area (Å²) in [6, 6.07) is 0. The van der Waals surface area contributed by atoms with Crippen molar-refractivity contribution in [2.75, 3.05) is 0 Å². The van der Waals surface area contributed by atoms with Gasteiger partial charge < -0.3 is 9.05 Å². The lowest BCUT2D eigenvalue weighted by molar-refractivity contribution is 0.149. The van der Waals surface area contributed by atoms with Crippen molar-refractivity contribution in [1.82, 2.24) is 0 Å². The molecule has 0 fully saturated rings. The fourth-order valence-corrected chi connectivity index (χ4v) is 2.36. The highest BCUT2D eigenvalue weighted by atomic mass is 31.2. The van der Waals surface area contributed by atoms with Crippen LogP contribution in [0.25, 0.3) is 0 Å². The third-order valence-electron chi connectivity index (χ3n) is 0.965. The van der Waals surface area contributed by atoms with Gasteiger partial charge in [-0.05, 0) is 27.7 Å². The minimum absolute atomic E-state index is 0.144. The van der Waals surface area contributed by atoms with Crippen LogP contribution < -0.4 is 0 Å².